The smallest absolute Gasteiger partial charge is 0.255 e. The Morgan fingerprint density at radius 3 is 2.52 bits per heavy atom. The van der Waals surface area contributed by atoms with E-state index in [1.54, 1.807) is 13.2 Å². The Bertz CT molecular complexity index is 774. The third-order valence-corrected chi connectivity index (χ3v) is 4.94. The number of carbonyl (C=O) groups is 2. The van der Waals surface area contributed by atoms with Crippen molar-refractivity contribution in [2.75, 3.05) is 20.1 Å². The lowest BCUT2D eigenvalue weighted by atomic mass is 9.95. The first kappa shape index (κ1) is 17.2. The van der Waals surface area contributed by atoms with Gasteiger partial charge >= 0.3 is 0 Å². The molecular weight excluding hydrogens is 316 g/mol. The van der Waals surface area contributed by atoms with Crippen LogP contribution in [0.15, 0.2) is 30.5 Å². The summed E-state index contributed by atoms with van der Waals surface area (Å²) in [6, 6.07) is 7.67. The Morgan fingerprint density at radius 2 is 1.92 bits per heavy atom. The summed E-state index contributed by atoms with van der Waals surface area (Å²) in [5.74, 6) is 0.927. The van der Waals surface area contributed by atoms with Crippen LogP contribution in [0.5, 0.6) is 0 Å². The topological polar surface area (TPSA) is 67.2 Å². The standard InChI is InChI=1S/C19H24N4O2/c1-13-12-16(14(2)23(13)17-6-4-5-9-21-17)19(25)22-10-7-15(8-11-22)18(24)20-3/h4-6,9,12,15H,7-8,10-11H2,1-3H3,(H,20,24). The van der Waals surface area contributed by atoms with Gasteiger partial charge in [0.1, 0.15) is 5.82 Å². The van der Waals surface area contributed by atoms with Crippen molar-refractivity contribution in [2.45, 2.75) is 26.7 Å². The molecule has 2 amide bonds. The highest BCUT2D eigenvalue weighted by molar-refractivity contribution is 5.96. The summed E-state index contributed by atoms with van der Waals surface area (Å²) >= 11 is 0. The molecule has 0 bridgehead atoms. The van der Waals surface area contributed by atoms with Gasteiger partial charge in [0, 0.05) is 43.6 Å². The molecule has 1 saturated heterocycles. The lowest BCUT2D eigenvalue weighted by Crippen LogP contribution is -2.42. The van der Waals surface area contributed by atoms with Gasteiger partial charge in [-0.2, -0.15) is 0 Å². The van der Waals surface area contributed by atoms with Crippen LogP contribution in [0.25, 0.3) is 5.82 Å². The summed E-state index contributed by atoms with van der Waals surface area (Å²) < 4.78 is 2.00. The quantitative estimate of drug-likeness (QED) is 0.930. The molecular formula is C19H24N4O2. The van der Waals surface area contributed by atoms with E-state index >= 15 is 0 Å². The van der Waals surface area contributed by atoms with Crippen LogP contribution in [0.2, 0.25) is 0 Å². The van der Waals surface area contributed by atoms with Crippen molar-refractivity contribution in [3.05, 3.63) is 47.4 Å². The molecule has 3 heterocycles. The van der Waals surface area contributed by atoms with Gasteiger partial charge in [-0.3, -0.25) is 9.59 Å². The summed E-state index contributed by atoms with van der Waals surface area (Å²) in [4.78, 5) is 30.9. The molecule has 0 aliphatic carbocycles. The van der Waals surface area contributed by atoms with E-state index in [1.807, 2.05) is 47.6 Å². The van der Waals surface area contributed by atoms with E-state index in [-0.39, 0.29) is 17.7 Å². The van der Waals surface area contributed by atoms with Crippen molar-refractivity contribution in [2.24, 2.45) is 5.92 Å². The Kier molecular flexibility index (Phi) is 4.88. The van der Waals surface area contributed by atoms with Crippen LogP contribution in [0.3, 0.4) is 0 Å². The van der Waals surface area contributed by atoms with Crippen LogP contribution in [0.4, 0.5) is 0 Å². The largest absolute Gasteiger partial charge is 0.359 e. The van der Waals surface area contributed by atoms with Crippen molar-refractivity contribution < 1.29 is 9.59 Å². The highest BCUT2D eigenvalue weighted by atomic mass is 16.2. The number of piperidine rings is 1. The van der Waals surface area contributed by atoms with Crippen LogP contribution < -0.4 is 5.32 Å². The summed E-state index contributed by atoms with van der Waals surface area (Å²) in [6.45, 7) is 5.16. The predicted molar refractivity (Wildman–Crippen MR) is 95.7 cm³/mol. The summed E-state index contributed by atoms with van der Waals surface area (Å²) in [6.07, 6.45) is 3.17. The van der Waals surface area contributed by atoms with Crippen molar-refractivity contribution >= 4 is 11.8 Å². The zero-order chi connectivity index (χ0) is 18.0. The van der Waals surface area contributed by atoms with Gasteiger partial charge in [0.2, 0.25) is 5.91 Å². The Balaban J connectivity index is 1.79. The molecule has 132 valence electrons. The first-order valence-electron chi connectivity index (χ1n) is 8.64. The van der Waals surface area contributed by atoms with Crippen LogP contribution in [0, 0.1) is 19.8 Å². The molecule has 1 fully saturated rings. The third kappa shape index (κ3) is 3.29. The molecule has 6 nitrogen and oxygen atoms in total. The SMILES string of the molecule is CNC(=O)C1CCN(C(=O)c2cc(C)n(-c3ccccn3)c2C)CC1. The molecule has 1 N–H and O–H groups in total. The maximum Gasteiger partial charge on any atom is 0.255 e. The highest BCUT2D eigenvalue weighted by Gasteiger charge is 2.29. The van der Waals surface area contributed by atoms with E-state index in [4.69, 9.17) is 0 Å². The molecule has 2 aromatic rings. The Hall–Kier alpha value is -2.63. The fourth-order valence-corrected chi connectivity index (χ4v) is 3.54. The molecule has 0 aromatic carbocycles. The highest BCUT2D eigenvalue weighted by Crippen LogP contribution is 2.24. The van der Waals surface area contributed by atoms with Crippen molar-refractivity contribution in [1.29, 1.82) is 0 Å². The summed E-state index contributed by atoms with van der Waals surface area (Å²) in [5.41, 5.74) is 2.59. The molecule has 25 heavy (non-hydrogen) atoms. The van der Waals surface area contributed by atoms with Crippen molar-refractivity contribution in [3.63, 3.8) is 0 Å². The normalized spacial score (nSPS) is 15.2. The second-order valence-electron chi connectivity index (χ2n) is 6.49. The van der Waals surface area contributed by atoms with E-state index in [2.05, 4.69) is 10.3 Å². The Morgan fingerprint density at radius 1 is 1.20 bits per heavy atom. The van der Waals surface area contributed by atoms with E-state index in [0.29, 0.717) is 31.5 Å². The minimum Gasteiger partial charge on any atom is -0.359 e. The number of amides is 2. The van der Waals surface area contributed by atoms with Gasteiger partial charge < -0.3 is 14.8 Å². The van der Waals surface area contributed by atoms with Crippen LogP contribution in [0.1, 0.15) is 34.6 Å². The van der Waals surface area contributed by atoms with Gasteiger partial charge in [-0.05, 0) is 44.9 Å². The molecule has 0 unspecified atom stereocenters. The molecule has 1 aliphatic rings. The Labute approximate surface area is 147 Å². The average molecular weight is 340 g/mol. The fourth-order valence-electron chi connectivity index (χ4n) is 3.54. The number of hydrogen-bond donors (Lipinski definition) is 1. The number of nitrogens with one attached hydrogen (secondary N) is 1. The van der Waals surface area contributed by atoms with E-state index in [1.165, 1.54) is 0 Å². The number of likely N-dealkylation sites (tertiary alicyclic amines) is 1. The van der Waals surface area contributed by atoms with Crippen LogP contribution in [-0.4, -0.2) is 46.4 Å². The second-order valence-corrected chi connectivity index (χ2v) is 6.49. The zero-order valence-corrected chi connectivity index (χ0v) is 15.0. The van der Waals surface area contributed by atoms with E-state index in [9.17, 15) is 9.59 Å². The minimum atomic E-state index is 0.00926. The molecule has 0 spiro atoms. The molecule has 0 saturated carbocycles. The maximum absolute atomic E-state index is 13.0. The van der Waals surface area contributed by atoms with Gasteiger partial charge in [0.25, 0.3) is 5.91 Å². The molecule has 6 heteroatoms. The van der Waals surface area contributed by atoms with Crippen LogP contribution >= 0.6 is 0 Å². The molecule has 3 rings (SSSR count). The number of pyridine rings is 1. The number of aryl methyl sites for hydroxylation is 1. The zero-order valence-electron chi connectivity index (χ0n) is 15.0. The predicted octanol–water partition coefficient (Wildman–Crippen LogP) is 2.09. The fraction of sp³-hybridized carbons (Fsp3) is 0.421. The first-order chi connectivity index (χ1) is 12.0. The number of aromatic nitrogens is 2. The number of hydrogen-bond acceptors (Lipinski definition) is 3. The summed E-state index contributed by atoms with van der Waals surface area (Å²) in [7, 11) is 1.66. The number of rotatable bonds is 3. The number of carbonyl (C=O) groups excluding carboxylic acids is 2. The second kappa shape index (κ2) is 7.09. The lowest BCUT2D eigenvalue weighted by molar-refractivity contribution is -0.125. The van der Waals surface area contributed by atoms with Crippen molar-refractivity contribution in [3.8, 4) is 5.82 Å². The molecule has 2 aromatic heterocycles. The third-order valence-electron chi connectivity index (χ3n) is 4.94. The molecule has 1 aliphatic heterocycles. The average Bonchev–Trinajstić information content (AvgIpc) is 2.95. The van der Waals surface area contributed by atoms with Crippen molar-refractivity contribution in [1.82, 2.24) is 19.8 Å². The van der Waals surface area contributed by atoms with E-state index < -0.39 is 0 Å². The monoisotopic (exact) mass is 340 g/mol. The van der Waals surface area contributed by atoms with Gasteiger partial charge in [-0.15, -0.1) is 0 Å². The minimum absolute atomic E-state index is 0.00926. The van der Waals surface area contributed by atoms with E-state index in [0.717, 1.165) is 17.2 Å². The van der Waals surface area contributed by atoms with Gasteiger partial charge in [-0.25, -0.2) is 4.98 Å². The molecule has 0 radical (unpaired) electrons. The van der Waals surface area contributed by atoms with Gasteiger partial charge in [0.05, 0.1) is 5.56 Å². The van der Waals surface area contributed by atoms with Gasteiger partial charge in [-0.1, -0.05) is 6.07 Å². The molecule has 0 atom stereocenters. The van der Waals surface area contributed by atoms with Gasteiger partial charge in [0.15, 0.2) is 0 Å². The first-order valence-corrected chi connectivity index (χ1v) is 8.64. The lowest BCUT2D eigenvalue weighted by Gasteiger charge is -2.31. The summed E-state index contributed by atoms with van der Waals surface area (Å²) in [5, 5.41) is 2.70. The maximum atomic E-state index is 13.0. The van der Waals surface area contributed by atoms with Crippen LogP contribution in [-0.2, 0) is 4.79 Å². The number of nitrogens with zero attached hydrogens (tertiary/aromatic N) is 3.